The first-order valence-electron chi connectivity index (χ1n) is 8.89. The Morgan fingerprint density at radius 3 is 1.81 bits per heavy atom. The molecule has 0 aliphatic carbocycles. The van der Waals surface area contributed by atoms with Crippen LogP contribution in [0.4, 0.5) is 0 Å². The fourth-order valence-electron chi connectivity index (χ4n) is 1.44. The molecule has 0 saturated heterocycles. The largest absolute Gasteiger partial charge is 0.481 e. The van der Waals surface area contributed by atoms with Crippen LogP contribution in [0.25, 0.3) is 10.4 Å². The molecule has 0 aromatic heterocycles. The highest BCUT2D eigenvalue weighted by atomic mass is 16.6. The highest BCUT2D eigenvalue weighted by Gasteiger charge is 1.96. The number of azide groups is 1. The number of nitrogens with zero attached hydrogens (tertiary/aromatic N) is 3. The van der Waals surface area contributed by atoms with Crippen LogP contribution in [0.5, 0.6) is 0 Å². The molecule has 0 heterocycles. The van der Waals surface area contributed by atoms with Crippen LogP contribution in [0.1, 0.15) is 7.79 Å². The van der Waals surface area contributed by atoms with Crippen molar-refractivity contribution in [2.24, 2.45) is 5.11 Å². The molecule has 0 amide bonds. The van der Waals surface area contributed by atoms with Gasteiger partial charge in [-0.1, -0.05) is 5.11 Å². The fraction of sp³-hybridized carbons (Fsp3) is 0.933. The Bertz CT molecular complexity index is 399. The zero-order chi connectivity index (χ0) is 20.0. The lowest BCUT2D eigenvalue weighted by molar-refractivity contribution is -0.138. The quantitative estimate of drug-likeness (QED) is 0.134. The van der Waals surface area contributed by atoms with Crippen LogP contribution in [0.2, 0.25) is 0 Å². The highest BCUT2D eigenvalue weighted by Crippen LogP contribution is 1.86. The molecule has 0 aromatic rings. The Morgan fingerprint density at radius 2 is 1.27 bits per heavy atom. The highest BCUT2D eigenvalue weighted by molar-refractivity contribution is 5.66. The molecular weight excluding hydrogens is 350 g/mol. The van der Waals surface area contributed by atoms with E-state index in [-0.39, 0.29) is 26.2 Å². The van der Waals surface area contributed by atoms with Gasteiger partial charge in [-0.15, -0.1) is 0 Å². The summed E-state index contributed by atoms with van der Waals surface area (Å²) in [5, 5.41) is 11.7. The van der Waals surface area contributed by atoms with Gasteiger partial charge in [-0.05, 0) is 5.53 Å². The molecule has 0 aromatic carbocycles. The molecule has 11 heteroatoms. The zero-order valence-electron chi connectivity index (χ0n) is 15.9. The Labute approximate surface area is 154 Å². The second kappa shape index (κ2) is 21.6. The average Bonchev–Trinajstić information content (AvgIpc) is 2.64. The molecule has 0 aliphatic heterocycles. The second-order valence-electron chi connectivity index (χ2n) is 4.66. The summed E-state index contributed by atoms with van der Waals surface area (Å²) in [4.78, 5) is 12.9. The lowest BCUT2D eigenvalue weighted by atomic mass is 10.5. The van der Waals surface area contributed by atoms with Crippen molar-refractivity contribution in [1.82, 2.24) is 0 Å². The zero-order valence-corrected chi connectivity index (χ0v) is 14.9. The lowest BCUT2D eigenvalue weighted by Crippen LogP contribution is -2.14. The fourth-order valence-corrected chi connectivity index (χ4v) is 1.44. The third-order valence-electron chi connectivity index (χ3n) is 2.62. The molecule has 0 bridgehead atoms. The predicted molar refractivity (Wildman–Crippen MR) is 91.2 cm³/mol. The maximum atomic E-state index is 10.3. The summed E-state index contributed by atoms with van der Waals surface area (Å²) in [7, 11) is 0. The molecule has 0 saturated carbocycles. The summed E-state index contributed by atoms with van der Waals surface area (Å²) in [6, 6.07) is 0. The minimum Gasteiger partial charge on any atom is -0.481 e. The first kappa shape index (κ1) is 22.6. The normalized spacial score (nSPS) is 12.4. The molecule has 1 N–H and O–H groups in total. The van der Waals surface area contributed by atoms with Crippen molar-refractivity contribution in [3.05, 3.63) is 10.4 Å². The second-order valence-corrected chi connectivity index (χ2v) is 4.66. The Hall–Kier alpha value is -1.46. The van der Waals surface area contributed by atoms with Crippen LogP contribution in [0.3, 0.4) is 0 Å². The van der Waals surface area contributed by atoms with Gasteiger partial charge >= 0.3 is 5.97 Å². The van der Waals surface area contributed by atoms with Gasteiger partial charge in [0.25, 0.3) is 0 Å². The van der Waals surface area contributed by atoms with Gasteiger partial charge in [-0.3, -0.25) is 4.79 Å². The van der Waals surface area contributed by atoms with E-state index in [1.165, 1.54) is 0 Å². The Kier molecular flexibility index (Phi) is 18.7. The number of hydrogen-bond donors (Lipinski definition) is 1. The smallest absolute Gasteiger partial charge is 0.305 e. The molecule has 0 fully saturated rings. The molecule has 1 atom stereocenters. The Balaban J connectivity index is 3.18. The van der Waals surface area contributed by atoms with E-state index in [0.29, 0.717) is 59.4 Å². The van der Waals surface area contributed by atoms with E-state index in [1.807, 2.05) is 0 Å². The van der Waals surface area contributed by atoms with Crippen molar-refractivity contribution >= 4 is 5.97 Å². The SMILES string of the molecule is [2H]C(COCCOCCOCCN=[N+]=[N-])OCCOCCOCCC(=O)O. The summed E-state index contributed by atoms with van der Waals surface area (Å²) in [5.41, 5.74) is 8.07. The molecule has 11 nitrogen and oxygen atoms in total. The molecule has 0 rings (SSSR count). The van der Waals surface area contributed by atoms with E-state index in [9.17, 15) is 4.79 Å². The topological polar surface area (TPSA) is 141 Å². The van der Waals surface area contributed by atoms with Gasteiger partial charge < -0.3 is 33.5 Å². The molecule has 1 unspecified atom stereocenters. The maximum Gasteiger partial charge on any atom is 0.305 e. The van der Waals surface area contributed by atoms with Crippen molar-refractivity contribution in [3.63, 3.8) is 0 Å². The summed E-state index contributed by atoms with van der Waals surface area (Å²) < 4.78 is 38.8. The number of ether oxygens (including phenoxy) is 6. The van der Waals surface area contributed by atoms with Crippen molar-refractivity contribution < 1.29 is 39.7 Å². The van der Waals surface area contributed by atoms with E-state index in [1.54, 1.807) is 0 Å². The summed E-state index contributed by atoms with van der Waals surface area (Å²) in [6.45, 7) is 2.96. The number of hydrogen-bond acceptors (Lipinski definition) is 8. The number of carboxylic acids is 1. The summed E-state index contributed by atoms with van der Waals surface area (Å²) in [5.74, 6) is -0.896. The van der Waals surface area contributed by atoms with Gasteiger partial charge in [-0.2, -0.15) is 0 Å². The van der Waals surface area contributed by atoms with Crippen molar-refractivity contribution in [3.8, 4) is 0 Å². The van der Waals surface area contributed by atoms with Gasteiger partial charge in [0.1, 0.15) is 0 Å². The van der Waals surface area contributed by atoms with Crippen LogP contribution >= 0.6 is 0 Å². The number of carboxylic acid groups (broad SMARTS) is 1. The minimum absolute atomic E-state index is 0.0265. The predicted octanol–water partition coefficient (Wildman–Crippen LogP) is 0.871. The number of carbonyl (C=O) groups is 1. The van der Waals surface area contributed by atoms with E-state index in [0.717, 1.165) is 0 Å². The van der Waals surface area contributed by atoms with E-state index in [4.69, 9.17) is 40.4 Å². The van der Waals surface area contributed by atoms with Gasteiger partial charge in [0.2, 0.25) is 0 Å². The third kappa shape index (κ3) is 22.5. The molecular formula is C15H29N3O8. The van der Waals surface area contributed by atoms with Crippen LogP contribution in [0, 0.1) is 0 Å². The van der Waals surface area contributed by atoms with Crippen molar-refractivity contribution in [1.29, 1.82) is 0 Å². The van der Waals surface area contributed by atoms with Gasteiger partial charge in [0, 0.05) is 11.5 Å². The standard InChI is InChI=1S/C15H29N3O8/c16-18-17-2-4-22-6-8-24-10-12-26-14-13-25-11-9-23-7-5-21-3-1-15(19)20/h1-14H2,(H,19,20)/i13D. The van der Waals surface area contributed by atoms with Crippen molar-refractivity contribution in [2.45, 2.75) is 6.42 Å². The van der Waals surface area contributed by atoms with Crippen LogP contribution in [0.15, 0.2) is 5.11 Å². The Morgan fingerprint density at radius 1 is 0.808 bits per heavy atom. The third-order valence-corrected chi connectivity index (χ3v) is 2.62. The molecule has 0 aliphatic rings. The number of rotatable bonds is 21. The monoisotopic (exact) mass is 380 g/mol. The minimum atomic E-state index is -0.896. The molecule has 152 valence electrons. The van der Waals surface area contributed by atoms with Gasteiger partial charge in [0.15, 0.2) is 0 Å². The van der Waals surface area contributed by atoms with E-state index >= 15 is 0 Å². The first-order chi connectivity index (χ1) is 13.2. The van der Waals surface area contributed by atoms with Crippen molar-refractivity contribution in [2.75, 3.05) is 85.8 Å². The van der Waals surface area contributed by atoms with Gasteiger partial charge in [-0.25, -0.2) is 0 Å². The summed E-state index contributed by atoms with van der Waals surface area (Å²) >= 11 is 0. The van der Waals surface area contributed by atoms with E-state index < -0.39 is 12.6 Å². The lowest BCUT2D eigenvalue weighted by Gasteiger charge is -2.08. The van der Waals surface area contributed by atoms with Gasteiger partial charge in [0.05, 0.1) is 87.1 Å². The van der Waals surface area contributed by atoms with E-state index in [2.05, 4.69) is 10.0 Å². The first-order valence-corrected chi connectivity index (χ1v) is 8.32. The van der Waals surface area contributed by atoms with Crippen LogP contribution < -0.4 is 0 Å². The van der Waals surface area contributed by atoms with Crippen LogP contribution in [-0.4, -0.2) is 96.9 Å². The summed E-state index contributed by atoms with van der Waals surface area (Å²) in [6.07, 6.45) is -0.0265. The molecule has 26 heavy (non-hydrogen) atoms. The maximum absolute atomic E-state index is 10.3. The molecule has 0 radical (unpaired) electrons. The van der Waals surface area contributed by atoms with Crippen LogP contribution in [-0.2, 0) is 33.2 Å². The molecule has 0 spiro atoms. The average molecular weight is 380 g/mol. The number of aliphatic carboxylic acids is 1.